The molecule has 0 aliphatic carbocycles. The van der Waals surface area contributed by atoms with Gasteiger partial charge in [0.05, 0.1) is 13.2 Å². The summed E-state index contributed by atoms with van der Waals surface area (Å²) in [5, 5.41) is 9.64. The van der Waals surface area contributed by atoms with Gasteiger partial charge in [0.1, 0.15) is 41.6 Å². The second kappa shape index (κ2) is 12.1. The first-order chi connectivity index (χ1) is 18.3. The second-order valence-electron chi connectivity index (χ2n) is 9.00. The zero-order chi connectivity index (χ0) is 27.0. The van der Waals surface area contributed by atoms with Crippen molar-refractivity contribution in [3.05, 3.63) is 103 Å². The van der Waals surface area contributed by atoms with Crippen molar-refractivity contribution in [2.45, 2.75) is 32.0 Å². The van der Waals surface area contributed by atoms with E-state index in [9.17, 15) is 14.0 Å². The number of hydrogen-bond donors (Lipinski definition) is 2. The molecule has 9 nitrogen and oxygen atoms in total. The molecule has 1 atom stereocenters. The topological polar surface area (TPSA) is 107 Å². The van der Waals surface area contributed by atoms with Crippen molar-refractivity contribution in [2.24, 2.45) is 0 Å². The number of benzene rings is 3. The molecule has 2 N–H and O–H groups in total. The lowest BCUT2D eigenvalue weighted by Crippen LogP contribution is -2.53. The van der Waals surface area contributed by atoms with E-state index in [1.54, 1.807) is 38.1 Å². The van der Waals surface area contributed by atoms with Gasteiger partial charge in [-0.2, -0.15) is 5.10 Å². The lowest BCUT2D eigenvalue weighted by Gasteiger charge is -2.27. The van der Waals surface area contributed by atoms with E-state index in [-0.39, 0.29) is 19.0 Å². The molecule has 2 amide bonds. The van der Waals surface area contributed by atoms with Crippen LogP contribution >= 0.6 is 0 Å². The van der Waals surface area contributed by atoms with Crippen LogP contribution < -0.4 is 15.4 Å². The third-order valence-corrected chi connectivity index (χ3v) is 5.74. The molecule has 1 aromatic heterocycles. The Balaban J connectivity index is 1.42. The normalized spacial score (nSPS) is 12.0. The molecular formula is C28H28FN5O4. The summed E-state index contributed by atoms with van der Waals surface area (Å²) < 4.78 is 26.0. The van der Waals surface area contributed by atoms with Gasteiger partial charge in [-0.25, -0.2) is 14.1 Å². The van der Waals surface area contributed by atoms with Crippen molar-refractivity contribution in [2.75, 3.05) is 11.9 Å². The van der Waals surface area contributed by atoms with Gasteiger partial charge in [0, 0.05) is 5.69 Å². The van der Waals surface area contributed by atoms with Crippen LogP contribution in [-0.2, 0) is 26.5 Å². The van der Waals surface area contributed by atoms with Gasteiger partial charge in [-0.1, -0.05) is 30.3 Å². The average Bonchev–Trinajstić information content (AvgIpc) is 3.47. The fourth-order valence-corrected chi connectivity index (χ4v) is 3.46. The van der Waals surface area contributed by atoms with Gasteiger partial charge in [0.15, 0.2) is 0 Å². The number of nitrogens with zero attached hydrogens (tertiary/aromatic N) is 3. The van der Waals surface area contributed by atoms with Gasteiger partial charge in [-0.05, 0) is 67.9 Å². The van der Waals surface area contributed by atoms with Crippen molar-refractivity contribution in [1.82, 2.24) is 20.1 Å². The van der Waals surface area contributed by atoms with E-state index >= 15 is 0 Å². The van der Waals surface area contributed by atoms with Crippen molar-refractivity contribution in [3.8, 4) is 11.5 Å². The maximum absolute atomic E-state index is 13.2. The highest BCUT2D eigenvalue weighted by molar-refractivity contribution is 5.98. The van der Waals surface area contributed by atoms with Gasteiger partial charge < -0.3 is 20.1 Å². The first kappa shape index (κ1) is 26.5. The number of carbonyl (C=O) groups excluding carboxylic acids is 2. The molecule has 0 aliphatic heterocycles. The molecule has 3 aromatic carbocycles. The number of anilines is 1. The summed E-state index contributed by atoms with van der Waals surface area (Å²) >= 11 is 0. The molecule has 0 saturated carbocycles. The Labute approximate surface area is 219 Å². The summed E-state index contributed by atoms with van der Waals surface area (Å²) in [6.07, 6.45) is 2.78. The highest BCUT2D eigenvalue weighted by Gasteiger charge is 2.34. The van der Waals surface area contributed by atoms with Gasteiger partial charge in [0.25, 0.3) is 0 Å². The molecule has 4 aromatic rings. The molecule has 0 fully saturated rings. The predicted molar refractivity (Wildman–Crippen MR) is 139 cm³/mol. The molecule has 196 valence electrons. The summed E-state index contributed by atoms with van der Waals surface area (Å²) in [6, 6.07) is 20.9. The Bertz CT molecular complexity index is 1330. The van der Waals surface area contributed by atoms with Crippen LogP contribution in [0.2, 0.25) is 0 Å². The van der Waals surface area contributed by atoms with E-state index in [4.69, 9.17) is 9.47 Å². The quantitative estimate of drug-likeness (QED) is 0.308. The fraction of sp³-hybridized carbons (Fsp3) is 0.214. The van der Waals surface area contributed by atoms with Crippen LogP contribution in [0.5, 0.6) is 11.5 Å². The zero-order valence-electron chi connectivity index (χ0n) is 21.0. The van der Waals surface area contributed by atoms with Crippen LogP contribution in [0.15, 0.2) is 91.5 Å². The molecule has 0 radical (unpaired) electrons. The first-order valence-corrected chi connectivity index (χ1v) is 11.9. The number of nitrogens with one attached hydrogen (secondary N) is 2. The molecular weight excluding hydrogens is 489 g/mol. The monoisotopic (exact) mass is 517 g/mol. The molecule has 1 heterocycles. The number of amides is 2. The first-order valence-electron chi connectivity index (χ1n) is 11.9. The van der Waals surface area contributed by atoms with Crippen LogP contribution in [0.1, 0.15) is 19.4 Å². The van der Waals surface area contributed by atoms with E-state index in [1.807, 2.05) is 30.3 Å². The predicted octanol–water partition coefficient (Wildman–Crippen LogP) is 4.28. The highest BCUT2D eigenvalue weighted by atomic mass is 19.1. The van der Waals surface area contributed by atoms with Gasteiger partial charge in [0.2, 0.25) is 11.8 Å². The molecule has 10 heteroatoms. The average molecular weight is 518 g/mol. The highest BCUT2D eigenvalue weighted by Crippen LogP contribution is 2.23. The van der Waals surface area contributed by atoms with Crippen molar-refractivity contribution in [1.29, 1.82) is 0 Å². The number of ether oxygens (including phenoxy) is 2. The third-order valence-electron chi connectivity index (χ3n) is 5.74. The summed E-state index contributed by atoms with van der Waals surface area (Å²) in [4.78, 5) is 30.2. The van der Waals surface area contributed by atoms with E-state index in [0.29, 0.717) is 17.2 Å². The Hall–Kier alpha value is -4.57. The summed E-state index contributed by atoms with van der Waals surface area (Å²) in [6.45, 7) is 3.58. The minimum absolute atomic E-state index is 0.0499. The van der Waals surface area contributed by atoms with Gasteiger partial charge >= 0.3 is 0 Å². The molecule has 0 spiro atoms. The van der Waals surface area contributed by atoms with Crippen LogP contribution in [0, 0.1) is 5.82 Å². The fourth-order valence-electron chi connectivity index (χ4n) is 3.46. The van der Waals surface area contributed by atoms with Gasteiger partial charge in [-0.3, -0.25) is 9.59 Å². The van der Waals surface area contributed by atoms with Crippen LogP contribution in [0.4, 0.5) is 10.1 Å². The Morgan fingerprint density at radius 3 is 2.26 bits per heavy atom. The van der Waals surface area contributed by atoms with Crippen molar-refractivity contribution in [3.63, 3.8) is 0 Å². The lowest BCUT2D eigenvalue weighted by molar-refractivity contribution is -0.133. The maximum atomic E-state index is 13.2. The Morgan fingerprint density at radius 1 is 0.974 bits per heavy atom. The maximum Gasteiger partial charge on any atom is 0.249 e. The minimum atomic E-state index is -1.09. The number of carbonyl (C=O) groups is 2. The van der Waals surface area contributed by atoms with Crippen molar-refractivity contribution >= 4 is 17.5 Å². The second-order valence-corrected chi connectivity index (χ2v) is 9.00. The molecule has 0 saturated heterocycles. The summed E-state index contributed by atoms with van der Waals surface area (Å²) in [5.41, 5.74) is 0.352. The molecule has 0 unspecified atom stereocenters. The van der Waals surface area contributed by atoms with Crippen LogP contribution in [0.3, 0.4) is 0 Å². The van der Waals surface area contributed by atoms with Crippen LogP contribution in [0.25, 0.3) is 0 Å². The Kier molecular flexibility index (Phi) is 8.44. The third kappa shape index (κ3) is 7.01. The Morgan fingerprint density at radius 2 is 1.63 bits per heavy atom. The van der Waals surface area contributed by atoms with Crippen molar-refractivity contribution < 1.29 is 23.5 Å². The molecule has 38 heavy (non-hydrogen) atoms. The van der Waals surface area contributed by atoms with E-state index < -0.39 is 23.4 Å². The van der Waals surface area contributed by atoms with E-state index in [2.05, 4.69) is 20.7 Å². The number of rotatable bonds is 11. The number of hydrogen-bond acceptors (Lipinski definition) is 6. The molecule has 0 bridgehead atoms. The summed E-state index contributed by atoms with van der Waals surface area (Å²) in [7, 11) is 0. The summed E-state index contributed by atoms with van der Waals surface area (Å²) in [5.74, 6) is -0.228. The smallest absolute Gasteiger partial charge is 0.249 e. The minimum Gasteiger partial charge on any atom is -0.457 e. The largest absolute Gasteiger partial charge is 0.457 e. The number of aromatic nitrogens is 3. The molecule has 0 aliphatic rings. The standard InChI is InChI=1S/C28H28FN5O4/c1-28(2,34-19-30-18-31-34)27(36)33-25(17-37-16-20-6-4-3-5-7-20)26(35)32-22-10-14-24(15-11-22)38-23-12-8-21(29)9-13-23/h3-15,18-19,25H,16-17H2,1-2H3,(H,32,35)(H,33,36)/t25-/m0/s1. The lowest BCUT2D eigenvalue weighted by atomic mass is 10.0. The van der Waals surface area contributed by atoms with Crippen LogP contribution in [-0.4, -0.2) is 39.2 Å². The van der Waals surface area contributed by atoms with Gasteiger partial charge in [-0.15, -0.1) is 0 Å². The SMILES string of the molecule is CC(C)(C(=O)N[C@@H](COCc1ccccc1)C(=O)Nc1ccc(Oc2ccc(F)cc2)cc1)n1cncn1. The number of halogens is 1. The zero-order valence-corrected chi connectivity index (χ0v) is 21.0. The molecule has 4 rings (SSSR count). The van der Waals surface area contributed by atoms with E-state index in [1.165, 1.54) is 41.6 Å². The van der Waals surface area contributed by atoms with E-state index in [0.717, 1.165) is 5.56 Å².